The van der Waals surface area contributed by atoms with Crippen LogP contribution in [-0.4, -0.2) is 25.6 Å². The molecule has 0 aliphatic rings. The number of esters is 1. The Morgan fingerprint density at radius 1 is 1.00 bits per heavy atom. The number of hydrogen-bond donors (Lipinski definition) is 1. The Kier molecular flexibility index (Phi) is 5.14. The van der Waals surface area contributed by atoms with Gasteiger partial charge in [-0.05, 0) is 31.2 Å². The molecule has 0 saturated carbocycles. The first-order valence-electron chi connectivity index (χ1n) is 6.88. The fourth-order valence-electron chi connectivity index (χ4n) is 2.01. The molecule has 114 valence electrons. The van der Waals surface area contributed by atoms with E-state index in [0.717, 1.165) is 0 Å². The zero-order chi connectivity index (χ0) is 15.9. The molecule has 0 heterocycles. The number of benzene rings is 2. The summed E-state index contributed by atoms with van der Waals surface area (Å²) < 4.78 is 10.2. The third-order valence-electron chi connectivity index (χ3n) is 3.01. The van der Waals surface area contributed by atoms with Crippen LogP contribution in [0.4, 0.5) is 5.69 Å². The van der Waals surface area contributed by atoms with Crippen LogP contribution in [0.5, 0.6) is 5.75 Å². The molecule has 0 fully saturated rings. The van der Waals surface area contributed by atoms with Crippen molar-refractivity contribution < 1.29 is 19.1 Å². The third-order valence-corrected chi connectivity index (χ3v) is 3.01. The number of carbonyl (C=O) groups is 2. The number of nitrogens with one attached hydrogen (secondary N) is 1. The topological polar surface area (TPSA) is 64.6 Å². The van der Waals surface area contributed by atoms with Crippen molar-refractivity contribution in [2.24, 2.45) is 0 Å². The number of anilines is 1. The lowest BCUT2D eigenvalue weighted by atomic mass is 10.1. The van der Waals surface area contributed by atoms with E-state index in [0.29, 0.717) is 29.2 Å². The van der Waals surface area contributed by atoms with Gasteiger partial charge in [-0.2, -0.15) is 0 Å². The first-order chi connectivity index (χ1) is 10.7. The highest BCUT2D eigenvalue weighted by Gasteiger charge is 2.16. The average Bonchev–Trinajstić information content (AvgIpc) is 2.55. The second-order valence-electron chi connectivity index (χ2n) is 4.42. The Balaban J connectivity index is 2.28. The summed E-state index contributed by atoms with van der Waals surface area (Å²) in [6.45, 7) is 2.31. The Morgan fingerprint density at radius 3 is 2.32 bits per heavy atom. The number of amides is 1. The smallest absolute Gasteiger partial charge is 0.339 e. The molecule has 0 aromatic heterocycles. The van der Waals surface area contributed by atoms with Crippen LogP contribution in [0.3, 0.4) is 0 Å². The van der Waals surface area contributed by atoms with Crippen molar-refractivity contribution in [3.8, 4) is 5.75 Å². The highest BCUT2D eigenvalue weighted by atomic mass is 16.5. The standard InChI is InChI=1S/C17H17NO4/c1-3-22-15-11-7-5-9-13(15)16(19)18-14-10-6-4-8-12(14)17(20)21-2/h4-11H,3H2,1-2H3,(H,18,19). The van der Waals surface area contributed by atoms with Crippen LogP contribution in [0.25, 0.3) is 0 Å². The summed E-state index contributed by atoms with van der Waals surface area (Å²) in [4.78, 5) is 24.2. The van der Waals surface area contributed by atoms with Gasteiger partial charge in [-0.15, -0.1) is 0 Å². The maximum absolute atomic E-state index is 12.4. The molecule has 0 aliphatic heterocycles. The summed E-state index contributed by atoms with van der Waals surface area (Å²) >= 11 is 0. The fraction of sp³-hybridized carbons (Fsp3) is 0.176. The Morgan fingerprint density at radius 2 is 1.64 bits per heavy atom. The van der Waals surface area contributed by atoms with E-state index in [4.69, 9.17) is 9.47 Å². The lowest BCUT2D eigenvalue weighted by molar-refractivity contribution is 0.0602. The first kappa shape index (κ1) is 15.6. The van der Waals surface area contributed by atoms with Gasteiger partial charge in [-0.25, -0.2) is 4.79 Å². The second kappa shape index (κ2) is 7.26. The van der Waals surface area contributed by atoms with Crippen LogP contribution in [0.15, 0.2) is 48.5 Å². The van der Waals surface area contributed by atoms with Gasteiger partial charge in [0.25, 0.3) is 5.91 Å². The largest absolute Gasteiger partial charge is 0.493 e. The zero-order valence-electron chi connectivity index (χ0n) is 12.5. The molecule has 2 aromatic rings. The van der Waals surface area contributed by atoms with E-state index in [1.807, 2.05) is 6.92 Å². The molecule has 5 nitrogen and oxygen atoms in total. The van der Waals surface area contributed by atoms with Crippen molar-refractivity contribution in [1.29, 1.82) is 0 Å². The van der Waals surface area contributed by atoms with E-state index >= 15 is 0 Å². The van der Waals surface area contributed by atoms with E-state index in [9.17, 15) is 9.59 Å². The highest BCUT2D eigenvalue weighted by molar-refractivity contribution is 6.09. The number of hydrogen-bond acceptors (Lipinski definition) is 4. The summed E-state index contributed by atoms with van der Waals surface area (Å²) in [7, 11) is 1.30. The molecule has 0 aliphatic carbocycles. The van der Waals surface area contributed by atoms with E-state index in [1.54, 1.807) is 48.5 Å². The number of rotatable bonds is 5. The van der Waals surface area contributed by atoms with Gasteiger partial charge in [0, 0.05) is 0 Å². The minimum atomic E-state index is -0.506. The molecule has 1 N–H and O–H groups in total. The zero-order valence-corrected chi connectivity index (χ0v) is 12.5. The molecule has 2 aromatic carbocycles. The number of para-hydroxylation sites is 2. The van der Waals surface area contributed by atoms with Crippen LogP contribution in [0.2, 0.25) is 0 Å². The van der Waals surface area contributed by atoms with Gasteiger partial charge in [0.1, 0.15) is 5.75 Å². The third kappa shape index (κ3) is 3.44. The van der Waals surface area contributed by atoms with Crippen molar-refractivity contribution in [3.05, 3.63) is 59.7 Å². The minimum absolute atomic E-state index is 0.298. The van der Waals surface area contributed by atoms with E-state index in [2.05, 4.69) is 5.32 Å². The van der Waals surface area contributed by atoms with Crippen LogP contribution in [0, 0.1) is 0 Å². The van der Waals surface area contributed by atoms with Crippen LogP contribution < -0.4 is 10.1 Å². The van der Waals surface area contributed by atoms with Crippen molar-refractivity contribution >= 4 is 17.6 Å². The molecule has 0 radical (unpaired) electrons. The Labute approximate surface area is 128 Å². The summed E-state index contributed by atoms with van der Waals surface area (Å²) in [5.41, 5.74) is 1.10. The monoisotopic (exact) mass is 299 g/mol. The molecular formula is C17H17NO4. The van der Waals surface area contributed by atoms with Gasteiger partial charge in [0.05, 0.1) is 30.5 Å². The molecular weight excluding hydrogens is 282 g/mol. The predicted molar refractivity (Wildman–Crippen MR) is 83.3 cm³/mol. The van der Waals surface area contributed by atoms with Crippen LogP contribution in [-0.2, 0) is 4.74 Å². The van der Waals surface area contributed by atoms with Crippen LogP contribution >= 0.6 is 0 Å². The Hall–Kier alpha value is -2.82. The van der Waals surface area contributed by atoms with Crippen LogP contribution in [0.1, 0.15) is 27.6 Å². The minimum Gasteiger partial charge on any atom is -0.493 e. The van der Waals surface area contributed by atoms with E-state index in [1.165, 1.54) is 7.11 Å². The highest BCUT2D eigenvalue weighted by Crippen LogP contribution is 2.21. The normalized spacial score (nSPS) is 9.91. The van der Waals surface area contributed by atoms with Gasteiger partial charge in [0.15, 0.2) is 0 Å². The van der Waals surface area contributed by atoms with Crippen molar-refractivity contribution in [3.63, 3.8) is 0 Å². The molecule has 1 amide bonds. The molecule has 0 unspecified atom stereocenters. The van der Waals surface area contributed by atoms with Gasteiger partial charge >= 0.3 is 5.97 Å². The van der Waals surface area contributed by atoms with Crippen molar-refractivity contribution in [2.75, 3.05) is 19.0 Å². The van der Waals surface area contributed by atoms with Gasteiger partial charge in [-0.3, -0.25) is 4.79 Å². The van der Waals surface area contributed by atoms with E-state index in [-0.39, 0.29) is 5.91 Å². The number of ether oxygens (including phenoxy) is 2. The molecule has 0 bridgehead atoms. The molecule has 22 heavy (non-hydrogen) atoms. The molecule has 2 rings (SSSR count). The SMILES string of the molecule is CCOc1ccccc1C(=O)Nc1ccccc1C(=O)OC. The molecule has 0 spiro atoms. The maximum Gasteiger partial charge on any atom is 0.339 e. The first-order valence-corrected chi connectivity index (χ1v) is 6.88. The van der Waals surface area contributed by atoms with Crippen molar-refractivity contribution in [2.45, 2.75) is 6.92 Å². The second-order valence-corrected chi connectivity index (χ2v) is 4.42. The number of carbonyl (C=O) groups excluding carboxylic acids is 2. The number of methoxy groups -OCH3 is 1. The summed E-state index contributed by atoms with van der Waals surface area (Å²) in [5.74, 6) is -0.354. The molecule has 5 heteroatoms. The lowest BCUT2D eigenvalue weighted by Crippen LogP contribution is -2.16. The summed E-state index contributed by atoms with van der Waals surface area (Å²) in [6.07, 6.45) is 0. The fourth-order valence-corrected chi connectivity index (χ4v) is 2.01. The van der Waals surface area contributed by atoms with Gasteiger partial charge in [0.2, 0.25) is 0 Å². The van der Waals surface area contributed by atoms with Crippen molar-refractivity contribution in [1.82, 2.24) is 0 Å². The Bertz CT molecular complexity index is 682. The lowest BCUT2D eigenvalue weighted by Gasteiger charge is -2.12. The van der Waals surface area contributed by atoms with Gasteiger partial charge < -0.3 is 14.8 Å². The van der Waals surface area contributed by atoms with Gasteiger partial charge in [-0.1, -0.05) is 24.3 Å². The molecule has 0 saturated heterocycles. The maximum atomic E-state index is 12.4. The molecule has 0 atom stereocenters. The average molecular weight is 299 g/mol. The predicted octanol–water partition coefficient (Wildman–Crippen LogP) is 3.12. The summed E-state index contributed by atoms with van der Waals surface area (Å²) in [5, 5.41) is 2.72. The van der Waals surface area contributed by atoms with E-state index < -0.39 is 5.97 Å². The summed E-state index contributed by atoms with van der Waals surface area (Å²) in [6, 6.07) is 13.6. The quantitative estimate of drug-likeness (QED) is 0.862.